The van der Waals surface area contributed by atoms with Crippen LogP contribution in [0.2, 0.25) is 0 Å². The van der Waals surface area contributed by atoms with Crippen LogP contribution in [0.4, 0.5) is 5.69 Å². The van der Waals surface area contributed by atoms with Gasteiger partial charge in [0.2, 0.25) is 0 Å². The summed E-state index contributed by atoms with van der Waals surface area (Å²) in [6, 6.07) is 15.9. The minimum Gasteiger partial charge on any atom is -0.493 e. The molecule has 9 nitrogen and oxygen atoms in total. The number of hydrogen-bond donors (Lipinski definition) is 2. The average Bonchev–Trinajstić information content (AvgIpc) is 2.88. The second kappa shape index (κ2) is 13.5. The molecule has 0 atom stereocenters. The lowest BCUT2D eigenvalue weighted by atomic mass is 10.2. The molecule has 0 fully saturated rings. The zero-order chi connectivity index (χ0) is 26.8. The second-order valence-corrected chi connectivity index (χ2v) is 8.90. The number of nitrogens with zero attached hydrogens (tertiary/aromatic N) is 1. The number of benzene rings is 3. The van der Waals surface area contributed by atoms with E-state index in [0.717, 1.165) is 5.56 Å². The molecule has 3 aromatic rings. The van der Waals surface area contributed by atoms with Crippen molar-refractivity contribution >= 4 is 46.3 Å². The Kier molecular flexibility index (Phi) is 10.1. The zero-order valence-corrected chi connectivity index (χ0v) is 23.1. The first-order chi connectivity index (χ1) is 17.8. The summed E-state index contributed by atoms with van der Waals surface area (Å²) in [5.74, 6) is 1.19. The third-order valence-electron chi connectivity index (χ3n) is 5.01. The molecular formula is C27H28IN3O6. The fraction of sp³-hybridized carbons (Fsp3) is 0.222. The summed E-state index contributed by atoms with van der Waals surface area (Å²) >= 11 is 2.09. The van der Waals surface area contributed by atoms with Crippen molar-refractivity contribution in [2.24, 2.45) is 5.10 Å². The molecule has 0 spiro atoms. The van der Waals surface area contributed by atoms with Gasteiger partial charge in [-0.2, -0.15) is 5.10 Å². The fourth-order valence-electron chi connectivity index (χ4n) is 3.33. The molecule has 0 aromatic heterocycles. The molecule has 0 saturated heterocycles. The lowest BCUT2D eigenvalue weighted by molar-refractivity contribution is -0.118. The van der Waals surface area contributed by atoms with Crippen molar-refractivity contribution < 1.29 is 28.5 Å². The number of nitrogens with one attached hydrogen (secondary N) is 2. The van der Waals surface area contributed by atoms with Crippen molar-refractivity contribution in [3.63, 3.8) is 0 Å². The standard InChI is InChI=1S/C27H28IN3O6/c1-5-36-22-10-9-19(14-23(22)34-3)27(33)31-29-15-18-12-21(28)26(24(13-18)35-4)37-16-25(32)30-20-8-6-7-17(2)11-20/h6-15H,5,16H2,1-4H3,(H,30,32)(H,31,33)/b29-15+. The first-order valence-corrected chi connectivity index (χ1v) is 12.4. The first kappa shape index (κ1) is 27.8. The third kappa shape index (κ3) is 7.84. The highest BCUT2D eigenvalue weighted by molar-refractivity contribution is 14.1. The Morgan fingerprint density at radius 1 is 0.973 bits per heavy atom. The van der Waals surface area contributed by atoms with Crippen molar-refractivity contribution in [3.8, 4) is 23.0 Å². The SMILES string of the molecule is CCOc1ccc(C(=O)N/N=C/c2cc(I)c(OCC(=O)Nc3cccc(C)c3)c(OC)c2)cc1OC. The Bertz CT molecular complexity index is 1300. The van der Waals surface area contributed by atoms with Crippen molar-refractivity contribution in [2.75, 3.05) is 32.8 Å². The van der Waals surface area contributed by atoms with E-state index in [1.54, 1.807) is 30.3 Å². The number of hydrazone groups is 1. The van der Waals surface area contributed by atoms with Crippen LogP contribution in [0.1, 0.15) is 28.4 Å². The van der Waals surface area contributed by atoms with Crippen LogP contribution in [0, 0.1) is 10.5 Å². The first-order valence-electron chi connectivity index (χ1n) is 11.4. The van der Waals surface area contributed by atoms with Gasteiger partial charge in [-0.05, 0) is 90.0 Å². The molecule has 0 aliphatic heterocycles. The summed E-state index contributed by atoms with van der Waals surface area (Å²) in [7, 11) is 3.02. The molecular weight excluding hydrogens is 589 g/mol. The molecule has 2 amide bonds. The molecule has 0 bridgehead atoms. The molecule has 0 aliphatic rings. The van der Waals surface area contributed by atoms with Crippen LogP contribution in [-0.4, -0.2) is 45.5 Å². The Balaban J connectivity index is 1.63. The number of methoxy groups -OCH3 is 2. The van der Waals surface area contributed by atoms with Crippen LogP contribution in [0.25, 0.3) is 0 Å². The Morgan fingerprint density at radius 3 is 2.46 bits per heavy atom. The van der Waals surface area contributed by atoms with Crippen molar-refractivity contribution in [2.45, 2.75) is 13.8 Å². The molecule has 3 aromatic carbocycles. The van der Waals surface area contributed by atoms with E-state index in [0.29, 0.717) is 50.0 Å². The number of carbonyl (C=O) groups is 2. The number of amides is 2. The minimum atomic E-state index is -0.404. The van der Waals surface area contributed by atoms with Crippen molar-refractivity contribution in [3.05, 3.63) is 74.9 Å². The van der Waals surface area contributed by atoms with E-state index >= 15 is 0 Å². The topological polar surface area (TPSA) is 107 Å². The van der Waals surface area contributed by atoms with Gasteiger partial charge in [-0.3, -0.25) is 9.59 Å². The summed E-state index contributed by atoms with van der Waals surface area (Å²) in [5.41, 5.74) is 5.28. The van der Waals surface area contributed by atoms with Crippen LogP contribution < -0.4 is 29.7 Å². The maximum Gasteiger partial charge on any atom is 0.271 e. The molecule has 0 unspecified atom stereocenters. The van der Waals surface area contributed by atoms with Gasteiger partial charge >= 0.3 is 0 Å². The van der Waals surface area contributed by atoms with Gasteiger partial charge < -0.3 is 24.3 Å². The van der Waals surface area contributed by atoms with Crippen molar-refractivity contribution in [1.82, 2.24) is 5.43 Å². The molecule has 3 rings (SSSR count). The fourth-order valence-corrected chi connectivity index (χ4v) is 4.11. The number of halogens is 1. The number of rotatable bonds is 11. The number of aryl methyl sites for hydroxylation is 1. The third-order valence-corrected chi connectivity index (χ3v) is 5.81. The Hall–Kier alpha value is -3.80. The molecule has 2 N–H and O–H groups in total. The molecule has 37 heavy (non-hydrogen) atoms. The van der Waals surface area contributed by atoms with Crippen LogP contribution >= 0.6 is 22.6 Å². The number of ether oxygens (including phenoxy) is 4. The summed E-state index contributed by atoms with van der Waals surface area (Å²) in [6.45, 7) is 4.12. The quantitative estimate of drug-likeness (QED) is 0.182. The molecule has 0 saturated carbocycles. The summed E-state index contributed by atoms with van der Waals surface area (Å²) in [4.78, 5) is 24.8. The average molecular weight is 617 g/mol. The van der Waals surface area contributed by atoms with Crippen LogP contribution in [0.3, 0.4) is 0 Å². The van der Waals surface area contributed by atoms with Gasteiger partial charge in [-0.25, -0.2) is 5.43 Å². The van der Waals surface area contributed by atoms with E-state index in [2.05, 4.69) is 38.4 Å². The Morgan fingerprint density at radius 2 is 1.76 bits per heavy atom. The van der Waals surface area contributed by atoms with Gasteiger partial charge in [-0.15, -0.1) is 0 Å². The molecule has 194 valence electrons. The predicted octanol–water partition coefficient (Wildman–Crippen LogP) is 4.80. The van der Waals surface area contributed by atoms with Gasteiger partial charge in [0.1, 0.15) is 0 Å². The van der Waals surface area contributed by atoms with E-state index in [-0.39, 0.29) is 12.5 Å². The highest BCUT2D eigenvalue weighted by Gasteiger charge is 2.14. The normalized spacial score (nSPS) is 10.6. The molecule has 0 aliphatic carbocycles. The van der Waals surface area contributed by atoms with E-state index in [9.17, 15) is 9.59 Å². The van der Waals surface area contributed by atoms with Crippen molar-refractivity contribution in [1.29, 1.82) is 0 Å². The summed E-state index contributed by atoms with van der Waals surface area (Å²) in [6.07, 6.45) is 1.49. The second-order valence-electron chi connectivity index (χ2n) is 7.74. The van der Waals surface area contributed by atoms with Crippen LogP contribution in [0.5, 0.6) is 23.0 Å². The highest BCUT2D eigenvalue weighted by Crippen LogP contribution is 2.33. The van der Waals surface area contributed by atoms with E-state index in [1.165, 1.54) is 20.4 Å². The van der Waals surface area contributed by atoms with Gasteiger partial charge in [0.15, 0.2) is 29.6 Å². The molecule has 0 heterocycles. The Labute approximate surface area is 229 Å². The van der Waals surface area contributed by atoms with Crippen LogP contribution in [-0.2, 0) is 4.79 Å². The summed E-state index contributed by atoms with van der Waals surface area (Å²) in [5, 5.41) is 6.85. The van der Waals surface area contributed by atoms with E-state index < -0.39 is 5.91 Å². The smallest absolute Gasteiger partial charge is 0.271 e. The van der Waals surface area contributed by atoms with E-state index in [1.807, 2.05) is 38.1 Å². The van der Waals surface area contributed by atoms with Gasteiger partial charge in [0.25, 0.3) is 11.8 Å². The largest absolute Gasteiger partial charge is 0.493 e. The van der Waals surface area contributed by atoms with Gasteiger partial charge in [-0.1, -0.05) is 12.1 Å². The highest BCUT2D eigenvalue weighted by atomic mass is 127. The predicted molar refractivity (Wildman–Crippen MR) is 150 cm³/mol. The zero-order valence-electron chi connectivity index (χ0n) is 21.0. The van der Waals surface area contributed by atoms with Gasteiger partial charge in [0.05, 0.1) is 30.6 Å². The molecule has 10 heteroatoms. The minimum absolute atomic E-state index is 0.185. The monoisotopic (exact) mass is 617 g/mol. The lowest BCUT2D eigenvalue weighted by Crippen LogP contribution is -2.20. The number of anilines is 1. The van der Waals surface area contributed by atoms with Crippen LogP contribution in [0.15, 0.2) is 59.7 Å². The number of carbonyl (C=O) groups excluding carboxylic acids is 2. The number of hydrogen-bond acceptors (Lipinski definition) is 7. The lowest BCUT2D eigenvalue weighted by Gasteiger charge is -2.13. The van der Waals surface area contributed by atoms with E-state index in [4.69, 9.17) is 18.9 Å². The maximum absolute atomic E-state index is 12.5. The summed E-state index contributed by atoms with van der Waals surface area (Å²) < 4.78 is 22.7. The maximum atomic E-state index is 12.5. The van der Waals surface area contributed by atoms with Gasteiger partial charge in [0, 0.05) is 11.3 Å². The molecule has 0 radical (unpaired) electrons.